The van der Waals surface area contributed by atoms with E-state index >= 15 is 0 Å². The van der Waals surface area contributed by atoms with E-state index in [0.717, 1.165) is 15.0 Å². The van der Waals surface area contributed by atoms with Gasteiger partial charge in [0.1, 0.15) is 9.88 Å². The van der Waals surface area contributed by atoms with Crippen LogP contribution in [0, 0.1) is 0 Å². The molecular formula is C16H16BrNO4S. The van der Waals surface area contributed by atoms with Crippen LogP contribution in [0.4, 0.5) is 0 Å². The first kappa shape index (κ1) is 17.5. The van der Waals surface area contributed by atoms with E-state index in [1.54, 1.807) is 7.11 Å². The van der Waals surface area contributed by atoms with Crippen LogP contribution in [0.3, 0.4) is 0 Å². The number of carbonyl (C=O) groups is 1. The Morgan fingerprint density at radius 3 is 2.78 bits per heavy atom. The topological polar surface area (TPSA) is 57.7 Å². The van der Waals surface area contributed by atoms with Gasteiger partial charge in [0, 0.05) is 0 Å². The van der Waals surface area contributed by atoms with Gasteiger partial charge < -0.3 is 14.2 Å². The van der Waals surface area contributed by atoms with E-state index in [2.05, 4.69) is 25.7 Å². The van der Waals surface area contributed by atoms with Crippen molar-refractivity contribution in [3.63, 3.8) is 0 Å². The number of thiazole rings is 1. The zero-order valence-electron chi connectivity index (χ0n) is 13.0. The van der Waals surface area contributed by atoms with Crippen LogP contribution in [-0.4, -0.2) is 31.8 Å². The van der Waals surface area contributed by atoms with Gasteiger partial charge in [-0.1, -0.05) is 6.08 Å². The number of rotatable bonds is 6. The highest BCUT2D eigenvalue weighted by Crippen LogP contribution is 2.37. The van der Waals surface area contributed by atoms with Gasteiger partial charge in [-0.2, -0.15) is 0 Å². The fourth-order valence-corrected chi connectivity index (χ4v) is 3.16. The third kappa shape index (κ3) is 4.33. The Labute approximate surface area is 147 Å². The van der Waals surface area contributed by atoms with Crippen LogP contribution >= 0.6 is 27.3 Å². The summed E-state index contributed by atoms with van der Waals surface area (Å²) >= 11 is 4.76. The highest BCUT2D eigenvalue weighted by Gasteiger charge is 2.11. The van der Waals surface area contributed by atoms with Crippen LogP contribution in [0.5, 0.6) is 11.5 Å². The lowest BCUT2D eigenvalue weighted by molar-refractivity contribution is 0.0606. The summed E-state index contributed by atoms with van der Waals surface area (Å²) in [4.78, 5) is 16.1. The van der Waals surface area contributed by atoms with Crippen molar-refractivity contribution in [2.75, 3.05) is 20.8 Å². The molecule has 0 saturated heterocycles. The summed E-state index contributed by atoms with van der Waals surface area (Å²) in [5.41, 5.74) is 0.923. The number of ether oxygens (including phenoxy) is 3. The summed E-state index contributed by atoms with van der Waals surface area (Å²) in [6.45, 7) is 2.47. The molecule has 1 heterocycles. The van der Waals surface area contributed by atoms with E-state index in [1.165, 1.54) is 24.6 Å². The average molecular weight is 398 g/mol. The predicted octanol–water partition coefficient (Wildman–Crippen LogP) is 4.27. The summed E-state index contributed by atoms with van der Waals surface area (Å²) in [5.74, 6) is 0.942. The summed E-state index contributed by atoms with van der Waals surface area (Å²) in [6.07, 6.45) is 5.23. The molecule has 0 spiro atoms. The zero-order valence-corrected chi connectivity index (χ0v) is 15.4. The number of hydrogen-bond acceptors (Lipinski definition) is 6. The van der Waals surface area contributed by atoms with E-state index in [1.807, 2.05) is 31.2 Å². The highest BCUT2D eigenvalue weighted by atomic mass is 79.9. The van der Waals surface area contributed by atoms with Crippen molar-refractivity contribution in [2.24, 2.45) is 0 Å². The van der Waals surface area contributed by atoms with Crippen LogP contribution in [0.15, 0.2) is 22.8 Å². The average Bonchev–Trinajstić information content (AvgIpc) is 3.03. The number of benzene rings is 1. The van der Waals surface area contributed by atoms with Gasteiger partial charge in [0.2, 0.25) is 0 Å². The van der Waals surface area contributed by atoms with E-state index in [0.29, 0.717) is 23.0 Å². The highest BCUT2D eigenvalue weighted by molar-refractivity contribution is 9.10. The van der Waals surface area contributed by atoms with Crippen molar-refractivity contribution in [3.05, 3.63) is 38.3 Å². The van der Waals surface area contributed by atoms with Gasteiger partial charge in [-0.15, -0.1) is 11.3 Å². The lowest BCUT2D eigenvalue weighted by Crippen LogP contribution is -1.96. The predicted molar refractivity (Wildman–Crippen MR) is 94.2 cm³/mol. The van der Waals surface area contributed by atoms with Gasteiger partial charge in [-0.25, -0.2) is 9.78 Å². The zero-order chi connectivity index (χ0) is 16.8. The monoisotopic (exact) mass is 397 g/mol. The number of halogens is 1. The van der Waals surface area contributed by atoms with Crippen molar-refractivity contribution in [1.29, 1.82) is 0 Å². The first-order valence-corrected chi connectivity index (χ1v) is 8.42. The minimum atomic E-state index is -0.382. The van der Waals surface area contributed by atoms with Crippen molar-refractivity contribution in [3.8, 4) is 11.5 Å². The summed E-state index contributed by atoms with van der Waals surface area (Å²) in [6, 6.07) is 3.81. The van der Waals surface area contributed by atoms with Gasteiger partial charge in [0.05, 0.1) is 31.5 Å². The maximum absolute atomic E-state index is 11.4. The Morgan fingerprint density at radius 1 is 1.35 bits per heavy atom. The molecule has 1 aromatic carbocycles. The van der Waals surface area contributed by atoms with Gasteiger partial charge >= 0.3 is 5.97 Å². The smallest absolute Gasteiger partial charge is 0.349 e. The molecule has 7 heteroatoms. The van der Waals surface area contributed by atoms with Gasteiger partial charge in [0.25, 0.3) is 0 Å². The maximum atomic E-state index is 11.4. The standard InChI is InChI=1S/C16H16BrNO4S/c1-4-22-15-11(17)7-10(8-12(15)20-2)5-6-14-18-9-13(23-14)16(19)21-3/h5-9H,4H2,1-3H3. The van der Waals surface area contributed by atoms with Crippen LogP contribution < -0.4 is 9.47 Å². The molecule has 122 valence electrons. The van der Waals surface area contributed by atoms with Crippen molar-refractivity contribution < 1.29 is 19.0 Å². The Bertz CT molecular complexity index is 727. The third-order valence-electron chi connectivity index (χ3n) is 2.87. The molecule has 0 aliphatic carbocycles. The number of hydrogen-bond donors (Lipinski definition) is 0. The second-order valence-corrected chi connectivity index (χ2v) is 6.27. The van der Waals surface area contributed by atoms with Gasteiger partial charge in [0.15, 0.2) is 11.5 Å². The quantitative estimate of drug-likeness (QED) is 0.681. The molecule has 0 radical (unpaired) electrons. The number of aromatic nitrogens is 1. The molecule has 0 saturated carbocycles. The molecule has 0 aliphatic heterocycles. The minimum absolute atomic E-state index is 0.382. The normalized spacial score (nSPS) is 10.8. The molecule has 0 atom stereocenters. The molecular weight excluding hydrogens is 382 g/mol. The third-order valence-corrected chi connectivity index (χ3v) is 4.40. The van der Waals surface area contributed by atoms with E-state index < -0.39 is 0 Å². The Balaban J connectivity index is 2.24. The number of nitrogens with zero attached hydrogens (tertiary/aromatic N) is 1. The molecule has 0 fully saturated rings. The van der Waals surface area contributed by atoms with Crippen molar-refractivity contribution >= 4 is 45.4 Å². The molecule has 5 nitrogen and oxygen atoms in total. The summed E-state index contributed by atoms with van der Waals surface area (Å²) in [5, 5.41) is 0.717. The van der Waals surface area contributed by atoms with E-state index in [4.69, 9.17) is 9.47 Å². The Kier molecular flexibility index (Phi) is 6.18. The fourth-order valence-electron chi connectivity index (χ4n) is 1.85. The molecule has 1 aromatic heterocycles. The Morgan fingerprint density at radius 2 is 2.13 bits per heavy atom. The molecule has 2 aromatic rings. The number of esters is 1. The molecule has 0 aliphatic rings. The van der Waals surface area contributed by atoms with Crippen LogP contribution in [-0.2, 0) is 4.74 Å². The van der Waals surface area contributed by atoms with Crippen molar-refractivity contribution in [2.45, 2.75) is 6.92 Å². The minimum Gasteiger partial charge on any atom is -0.493 e. The van der Waals surface area contributed by atoms with E-state index in [-0.39, 0.29) is 5.97 Å². The van der Waals surface area contributed by atoms with Gasteiger partial charge in [-0.05, 0) is 46.6 Å². The maximum Gasteiger partial charge on any atom is 0.349 e. The van der Waals surface area contributed by atoms with Crippen LogP contribution in [0.25, 0.3) is 12.2 Å². The molecule has 0 amide bonds. The SMILES string of the molecule is CCOc1c(Br)cc(C=Cc2ncc(C(=O)OC)s2)cc1OC. The van der Waals surface area contributed by atoms with Gasteiger partial charge in [-0.3, -0.25) is 0 Å². The Hall–Kier alpha value is -1.86. The summed E-state index contributed by atoms with van der Waals surface area (Å²) in [7, 11) is 2.95. The van der Waals surface area contributed by atoms with E-state index in [9.17, 15) is 4.79 Å². The lowest BCUT2D eigenvalue weighted by Gasteiger charge is -2.12. The second-order valence-electron chi connectivity index (χ2n) is 4.35. The molecule has 0 N–H and O–H groups in total. The molecule has 2 rings (SSSR count). The van der Waals surface area contributed by atoms with Crippen LogP contribution in [0.2, 0.25) is 0 Å². The van der Waals surface area contributed by atoms with Crippen LogP contribution in [0.1, 0.15) is 27.2 Å². The number of methoxy groups -OCH3 is 2. The summed E-state index contributed by atoms with van der Waals surface area (Å²) < 4.78 is 16.4. The lowest BCUT2D eigenvalue weighted by atomic mass is 10.2. The first-order chi connectivity index (χ1) is 11.1. The molecule has 0 unspecified atom stereocenters. The molecule has 0 bridgehead atoms. The number of carbonyl (C=O) groups excluding carboxylic acids is 1. The fraction of sp³-hybridized carbons (Fsp3) is 0.250. The second kappa shape index (κ2) is 8.12. The molecule has 23 heavy (non-hydrogen) atoms. The van der Waals surface area contributed by atoms with Crippen molar-refractivity contribution in [1.82, 2.24) is 4.98 Å². The first-order valence-electron chi connectivity index (χ1n) is 6.81. The largest absolute Gasteiger partial charge is 0.493 e.